The number of carbonyl (C=O) groups excluding carboxylic acids is 2. The highest BCUT2D eigenvalue weighted by molar-refractivity contribution is 7.92. The molecule has 2 amide bonds. The zero-order valence-electron chi connectivity index (χ0n) is 21.8. The van der Waals surface area contributed by atoms with Gasteiger partial charge in [0.2, 0.25) is 21.8 Å². The molecule has 36 heavy (non-hydrogen) atoms. The van der Waals surface area contributed by atoms with Crippen LogP contribution >= 0.6 is 0 Å². The Labute approximate surface area is 215 Å². The normalized spacial score (nSPS) is 15.0. The lowest BCUT2D eigenvalue weighted by Crippen LogP contribution is -2.53. The van der Waals surface area contributed by atoms with Crippen molar-refractivity contribution in [1.29, 1.82) is 0 Å². The third kappa shape index (κ3) is 7.32. The second-order valence-corrected chi connectivity index (χ2v) is 11.8. The van der Waals surface area contributed by atoms with Crippen LogP contribution in [0.2, 0.25) is 0 Å². The maximum Gasteiger partial charge on any atom is 0.244 e. The molecule has 0 radical (unpaired) electrons. The largest absolute Gasteiger partial charge is 0.352 e. The number of benzene rings is 2. The van der Waals surface area contributed by atoms with E-state index in [0.29, 0.717) is 18.0 Å². The van der Waals surface area contributed by atoms with Crippen molar-refractivity contribution in [3.63, 3.8) is 0 Å². The minimum Gasteiger partial charge on any atom is -0.352 e. The van der Waals surface area contributed by atoms with Gasteiger partial charge in [-0.25, -0.2) is 8.42 Å². The van der Waals surface area contributed by atoms with Crippen molar-refractivity contribution in [3.05, 3.63) is 65.7 Å². The topological polar surface area (TPSA) is 86.8 Å². The molecule has 1 N–H and O–H groups in total. The average molecular weight is 514 g/mol. The quantitative estimate of drug-likeness (QED) is 0.481. The van der Waals surface area contributed by atoms with Gasteiger partial charge in [-0.3, -0.25) is 13.9 Å². The van der Waals surface area contributed by atoms with E-state index in [4.69, 9.17) is 0 Å². The van der Waals surface area contributed by atoms with Gasteiger partial charge in [0.15, 0.2) is 0 Å². The number of nitrogens with zero attached hydrogens (tertiary/aromatic N) is 2. The van der Waals surface area contributed by atoms with Gasteiger partial charge < -0.3 is 10.2 Å². The summed E-state index contributed by atoms with van der Waals surface area (Å²) in [7, 11) is -3.74. The number of anilines is 1. The Hall–Kier alpha value is -2.87. The van der Waals surface area contributed by atoms with Gasteiger partial charge in [0.1, 0.15) is 12.6 Å². The first kappa shape index (κ1) is 27.7. The van der Waals surface area contributed by atoms with Crippen LogP contribution < -0.4 is 9.62 Å². The monoisotopic (exact) mass is 513 g/mol. The first-order chi connectivity index (χ1) is 17.1. The summed E-state index contributed by atoms with van der Waals surface area (Å²) in [6.07, 6.45) is 5.61. The Morgan fingerprint density at radius 1 is 1.00 bits per heavy atom. The summed E-state index contributed by atoms with van der Waals surface area (Å²) in [5.41, 5.74) is 2.39. The predicted molar refractivity (Wildman–Crippen MR) is 144 cm³/mol. The van der Waals surface area contributed by atoms with Gasteiger partial charge in [-0.1, -0.05) is 76.1 Å². The molecule has 1 unspecified atom stereocenters. The second kappa shape index (κ2) is 12.4. The van der Waals surface area contributed by atoms with Gasteiger partial charge in [0.25, 0.3) is 0 Å². The zero-order valence-corrected chi connectivity index (χ0v) is 22.6. The van der Waals surface area contributed by atoms with E-state index in [1.807, 2.05) is 49.4 Å². The lowest BCUT2D eigenvalue weighted by atomic mass is 10.0. The van der Waals surface area contributed by atoms with E-state index < -0.39 is 22.0 Å². The molecule has 1 fully saturated rings. The molecule has 0 saturated heterocycles. The number of sulfonamides is 1. The molecule has 0 heterocycles. The summed E-state index contributed by atoms with van der Waals surface area (Å²) in [5.74, 6) is -0.288. The molecule has 1 saturated carbocycles. The number of hydrogen-bond donors (Lipinski definition) is 1. The zero-order chi connectivity index (χ0) is 26.3. The molecule has 8 heteroatoms. The molecule has 196 valence electrons. The van der Waals surface area contributed by atoms with E-state index in [1.165, 1.54) is 4.90 Å². The summed E-state index contributed by atoms with van der Waals surface area (Å²) in [5, 5.41) is 3.12. The fourth-order valence-corrected chi connectivity index (χ4v) is 5.56. The predicted octanol–water partition coefficient (Wildman–Crippen LogP) is 4.44. The van der Waals surface area contributed by atoms with Crippen molar-refractivity contribution in [2.24, 2.45) is 0 Å². The lowest BCUT2D eigenvalue weighted by molar-refractivity contribution is -0.140. The second-order valence-electron chi connectivity index (χ2n) is 9.94. The summed E-state index contributed by atoms with van der Waals surface area (Å²) in [4.78, 5) is 28.5. The van der Waals surface area contributed by atoms with Crippen LogP contribution in [0.25, 0.3) is 0 Å². The van der Waals surface area contributed by atoms with Crippen LogP contribution in [0, 0.1) is 0 Å². The van der Waals surface area contributed by atoms with Crippen LogP contribution in [0.3, 0.4) is 0 Å². The first-order valence-corrected chi connectivity index (χ1v) is 14.7. The molecule has 0 spiro atoms. The Morgan fingerprint density at radius 2 is 1.61 bits per heavy atom. The van der Waals surface area contributed by atoms with E-state index in [9.17, 15) is 18.0 Å². The number of nitrogens with one attached hydrogen (secondary N) is 1. The summed E-state index contributed by atoms with van der Waals surface area (Å²) in [6.45, 7) is 5.86. The van der Waals surface area contributed by atoms with E-state index >= 15 is 0 Å². The maximum atomic E-state index is 13.7. The van der Waals surface area contributed by atoms with E-state index in [2.05, 4.69) is 19.2 Å². The van der Waals surface area contributed by atoms with Crippen LogP contribution in [-0.4, -0.2) is 50.0 Å². The van der Waals surface area contributed by atoms with Crippen LogP contribution in [0.15, 0.2) is 54.6 Å². The molecular weight excluding hydrogens is 474 g/mol. The van der Waals surface area contributed by atoms with Crippen LogP contribution in [0.4, 0.5) is 5.69 Å². The van der Waals surface area contributed by atoms with E-state index in [0.717, 1.165) is 47.4 Å². The molecule has 0 aliphatic heterocycles. The average Bonchev–Trinajstić information content (AvgIpc) is 3.35. The molecule has 7 nitrogen and oxygen atoms in total. The molecule has 1 atom stereocenters. The molecule has 1 aliphatic rings. The number of hydrogen-bond acceptors (Lipinski definition) is 4. The third-order valence-corrected chi connectivity index (χ3v) is 7.95. The summed E-state index contributed by atoms with van der Waals surface area (Å²) >= 11 is 0. The fraction of sp³-hybridized carbons (Fsp3) is 0.500. The van der Waals surface area contributed by atoms with Gasteiger partial charge in [-0.2, -0.15) is 0 Å². The van der Waals surface area contributed by atoms with Crippen LogP contribution in [0.1, 0.15) is 69.9 Å². The smallest absolute Gasteiger partial charge is 0.244 e. The van der Waals surface area contributed by atoms with Crippen LogP contribution in [0.5, 0.6) is 0 Å². The summed E-state index contributed by atoms with van der Waals surface area (Å²) in [6, 6.07) is 16.1. The SMILES string of the molecule is CCC(C(=O)NC1CCCC1)N(Cc1ccccc1)C(=O)CN(c1ccc(C(C)C)cc1)S(C)(=O)=O. The molecule has 2 aromatic carbocycles. The molecule has 2 aromatic rings. The molecule has 0 aromatic heterocycles. The molecule has 1 aliphatic carbocycles. The first-order valence-electron chi connectivity index (χ1n) is 12.8. The van der Waals surface area contributed by atoms with Crippen molar-refractivity contribution in [3.8, 4) is 0 Å². The van der Waals surface area contributed by atoms with Crippen molar-refractivity contribution in [1.82, 2.24) is 10.2 Å². The lowest BCUT2D eigenvalue weighted by Gasteiger charge is -2.33. The molecular formula is C28H39N3O4S. The van der Waals surface area contributed by atoms with Gasteiger partial charge in [-0.15, -0.1) is 0 Å². The van der Waals surface area contributed by atoms with E-state index in [1.54, 1.807) is 12.1 Å². The minimum absolute atomic E-state index is 0.132. The Morgan fingerprint density at radius 3 is 2.14 bits per heavy atom. The Balaban J connectivity index is 1.89. The van der Waals surface area contributed by atoms with Gasteiger partial charge in [0.05, 0.1) is 11.9 Å². The highest BCUT2D eigenvalue weighted by Gasteiger charge is 2.33. The van der Waals surface area contributed by atoms with E-state index in [-0.39, 0.29) is 25.0 Å². The van der Waals surface area contributed by atoms with Gasteiger partial charge >= 0.3 is 0 Å². The Bertz CT molecular complexity index is 1110. The number of amides is 2. The highest BCUT2D eigenvalue weighted by atomic mass is 32.2. The standard InChI is InChI=1S/C28H39N3O4S/c1-5-26(28(33)29-24-13-9-10-14-24)30(19-22-11-7-6-8-12-22)27(32)20-31(36(4,34)35)25-17-15-23(16-18-25)21(2)3/h6-8,11-12,15-18,21,24,26H,5,9-10,13-14,19-20H2,1-4H3,(H,29,33). The number of rotatable bonds is 11. The number of carbonyl (C=O) groups is 2. The van der Waals surface area contributed by atoms with Crippen molar-refractivity contribution in [2.45, 2.75) is 77.4 Å². The van der Waals surface area contributed by atoms with Crippen molar-refractivity contribution >= 4 is 27.5 Å². The van der Waals surface area contributed by atoms with Gasteiger partial charge in [0, 0.05) is 12.6 Å². The third-order valence-electron chi connectivity index (χ3n) is 6.81. The maximum absolute atomic E-state index is 13.7. The van der Waals surface area contributed by atoms with Gasteiger partial charge in [-0.05, 0) is 48.4 Å². The van der Waals surface area contributed by atoms with Crippen molar-refractivity contribution in [2.75, 3.05) is 17.1 Å². The molecule has 0 bridgehead atoms. The fourth-order valence-electron chi connectivity index (χ4n) is 4.71. The van der Waals surface area contributed by atoms with Crippen molar-refractivity contribution < 1.29 is 18.0 Å². The highest BCUT2D eigenvalue weighted by Crippen LogP contribution is 2.23. The van der Waals surface area contributed by atoms with Crippen LogP contribution in [-0.2, 0) is 26.2 Å². The molecule has 3 rings (SSSR count). The summed E-state index contributed by atoms with van der Waals surface area (Å²) < 4.78 is 26.6. The Kier molecular flexibility index (Phi) is 9.54. The minimum atomic E-state index is -3.74.